The molecule has 2 rings (SSSR count). The Morgan fingerprint density at radius 3 is 2.28 bits per heavy atom. The van der Waals surface area contributed by atoms with Crippen molar-refractivity contribution in [3.63, 3.8) is 0 Å². The van der Waals surface area contributed by atoms with Crippen LogP contribution in [0.1, 0.15) is 5.56 Å². The van der Waals surface area contributed by atoms with Gasteiger partial charge in [-0.2, -0.15) is 0 Å². The first-order chi connectivity index (χ1) is 11.5. The van der Waals surface area contributed by atoms with E-state index < -0.39 is 55.8 Å². The van der Waals surface area contributed by atoms with Crippen molar-refractivity contribution < 1.29 is 35.1 Å². The molecule has 0 aliphatic heterocycles. The standard InChI is InChI=1S/C14H9ClF5NO3S/c15-13-8(9(16)5-6-10(13)17)7-21-25(22,23)12-4-2-1-3-11(12)24-14(18,19)20/h1-6,21H,7H2. The highest BCUT2D eigenvalue weighted by Gasteiger charge is 2.34. The van der Waals surface area contributed by atoms with Gasteiger partial charge in [-0.15, -0.1) is 13.2 Å². The van der Waals surface area contributed by atoms with E-state index in [1.54, 1.807) is 0 Å². The van der Waals surface area contributed by atoms with E-state index in [1.165, 1.54) is 6.07 Å². The predicted octanol–water partition coefficient (Wildman–Crippen LogP) is 4.00. The quantitative estimate of drug-likeness (QED) is 0.608. The van der Waals surface area contributed by atoms with E-state index in [-0.39, 0.29) is 0 Å². The maximum absolute atomic E-state index is 13.7. The molecular weight excluding hydrogens is 393 g/mol. The normalized spacial score (nSPS) is 12.2. The molecule has 2 aromatic rings. The molecule has 0 saturated heterocycles. The van der Waals surface area contributed by atoms with Gasteiger partial charge in [-0.25, -0.2) is 21.9 Å². The molecule has 0 fully saturated rings. The number of halogens is 6. The Hall–Kier alpha value is -1.91. The second-order valence-corrected chi connectivity index (χ2v) is 6.75. The molecule has 0 amide bonds. The van der Waals surface area contributed by atoms with Crippen molar-refractivity contribution in [1.82, 2.24) is 4.72 Å². The zero-order valence-electron chi connectivity index (χ0n) is 12.1. The van der Waals surface area contributed by atoms with Crippen molar-refractivity contribution in [2.24, 2.45) is 0 Å². The largest absolute Gasteiger partial charge is 0.573 e. The van der Waals surface area contributed by atoms with Crippen LogP contribution in [0.4, 0.5) is 22.0 Å². The lowest BCUT2D eigenvalue weighted by atomic mass is 10.2. The molecule has 0 heterocycles. The molecule has 0 aromatic heterocycles. The zero-order valence-corrected chi connectivity index (χ0v) is 13.6. The zero-order chi connectivity index (χ0) is 18.8. The van der Waals surface area contributed by atoms with Gasteiger partial charge in [0.1, 0.15) is 22.3 Å². The summed E-state index contributed by atoms with van der Waals surface area (Å²) in [4.78, 5) is -0.819. The molecule has 25 heavy (non-hydrogen) atoms. The fourth-order valence-corrected chi connectivity index (χ4v) is 3.20. The van der Waals surface area contributed by atoms with E-state index in [0.29, 0.717) is 0 Å². The smallest absolute Gasteiger partial charge is 0.404 e. The predicted molar refractivity (Wildman–Crippen MR) is 78.5 cm³/mol. The summed E-state index contributed by atoms with van der Waals surface area (Å²) in [6.45, 7) is -0.773. The van der Waals surface area contributed by atoms with Crippen LogP contribution in [0.5, 0.6) is 5.75 Å². The minimum atomic E-state index is -5.11. The molecule has 0 spiro atoms. The highest BCUT2D eigenvalue weighted by Crippen LogP contribution is 2.30. The fraction of sp³-hybridized carbons (Fsp3) is 0.143. The second kappa shape index (κ2) is 7.14. The van der Waals surface area contributed by atoms with Gasteiger partial charge in [-0.3, -0.25) is 0 Å². The Morgan fingerprint density at radius 2 is 1.64 bits per heavy atom. The van der Waals surface area contributed by atoms with Crippen LogP contribution in [0.25, 0.3) is 0 Å². The van der Waals surface area contributed by atoms with Crippen molar-refractivity contribution in [3.05, 3.63) is 58.6 Å². The van der Waals surface area contributed by atoms with Gasteiger partial charge in [0.25, 0.3) is 0 Å². The number of para-hydroxylation sites is 1. The summed E-state index contributed by atoms with van der Waals surface area (Å²) in [5.74, 6) is -2.92. The first-order valence-electron chi connectivity index (χ1n) is 6.48. The van der Waals surface area contributed by atoms with Crippen molar-refractivity contribution in [3.8, 4) is 5.75 Å². The molecule has 0 aliphatic rings. The SMILES string of the molecule is O=S(=O)(NCc1c(F)ccc(F)c1Cl)c1ccccc1OC(F)(F)F. The van der Waals surface area contributed by atoms with Crippen LogP contribution >= 0.6 is 11.6 Å². The average Bonchev–Trinajstić information content (AvgIpc) is 2.50. The third kappa shape index (κ3) is 4.80. The molecular formula is C14H9ClF5NO3S. The Morgan fingerprint density at radius 1 is 1.04 bits per heavy atom. The molecule has 0 radical (unpaired) electrons. The third-order valence-electron chi connectivity index (χ3n) is 2.94. The van der Waals surface area contributed by atoms with Crippen LogP contribution in [0.3, 0.4) is 0 Å². The van der Waals surface area contributed by atoms with E-state index in [4.69, 9.17) is 11.6 Å². The summed E-state index contributed by atoms with van der Waals surface area (Å²) in [5, 5.41) is -0.637. The Kier molecular flexibility index (Phi) is 5.55. The summed E-state index contributed by atoms with van der Waals surface area (Å²) in [6, 6.07) is 5.48. The summed E-state index contributed by atoms with van der Waals surface area (Å²) in [5.41, 5.74) is -0.487. The van der Waals surface area contributed by atoms with Gasteiger partial charge in [0.2, 0.25) is 10.0 Å². The molecule has 4 nitrogen and oxygen atoms in total. The van der Waals surface area contributed by atoms with Gasteiger partial charge >= 0.3 is 6.36 Å². The number of rotatable bonds is 5. The lowest BCUT2D eigenvalue weighted by molar-refractivity contribution is -0.275. The first kappa shape index (κ1) is 19.4. The number of sulfonamides is 1. The van der Waals surface area contributed by atoms with Gasteiger partial charge < -0.3 is 4.74 Å². The Labute approximate surface area is 144 Å². The summed E-state index contributed by atoms with van der Waals surface area (Å²) in [6.07, 6.45) is -5.11. The number of hydrogen-bond acceptors (Lipinski definition) is 3. The number of benzene rings is 2. The van der Waals surface area contributed by atoms with Crippen molar-refractivity contribution in [2.75, 3.05) is 0 Å². The van der Waals surface area contributed by atoms with Crippen LogP contribution in [-0.2, 0) is 16.6 Å². The van der Waals surface area contributed by atoms with E-state index >= 15 is 0 Å². The first-order valence-corrected chi connectivity index (χ1v) is 8.34. The highest BCUT2D eigenvalue weighted by atomic mass is 35.5. The van der Waals surface area contributed by atoms with Crippen LogP contribution in [-0.4, -0.2) is 14.8 Å². The summed E-state index contributed by atoms with van der Waals surface area (Å²) >= 11 is 5.57. The minimum Gasteiger partial charge on any atom is -0.404 e. The monoisotopic (exact) mass is 401 g/mol. The van der Waals surface area contributed by atoms with Gasteiger partial charge in [0.05, 0.1) is 5.02 Å². The minimum absolute atomic E-state index is 0.487. The third-order valence-corrected chi connectivity index (χ3v) is 4.79. The topological polar surface area (TPSA) is 55.4 Å². The van der Waals surface area contributed by atoms with Crippen LogP contribution in [0.2, 0.25) is 5.02 Å². The molecule has 1 N–H and O–H groups in total. The number of nitrogens with one attached hydrogen (secondary N) is 1. The number of alkyl halides is 3. The second-order valence-electron chi connectivity index (χ2n) is 4.64. The molecule has 11 heteroatoms. The van der Waals surface area contributed by atoms with E-state index in [9.17, 15) is 30.4 Å². The van der Waals surface area contributed by atoms with Crippen molar-refractivity contribution in [2.45, 2.75) is 17.8 Å². The van der Waals surface area contributed by atoms with Crippen LogP contribution < -0.4 is 9.46 Å². The Balaban J connectivity index is 2.31. The lowest BCUT2D eigenvalue weighted by Crippen LogP contribution is -2.26. The molecule has 0 saturated carbocycles. The van der Waals surface area contributed by atoms with Crippen molar-refractivity contribution in [1.29, 1.82) is 0 Å². The molecule has 136 valence electrons. The molecule has 0 aliphatic carbocycles. The van der Waals surface area contributed by atoms with Gasteiger partial charge in [-0.1, -0.05) is 23.7 Å². The van der Waals surface area contributed by atoms with Gasteiger partial charge in [-0.05, 0) is 24.3 Å². The maximum Gasteiger partial charge on any atom is 0.573 e. The van der Waals surface area contributed by atoms with Crippen LogP contribution in [0.15, 0.2) is 41.3 Å². The summed E-state index contributed by atoms with van der Waals surface area (Å²) in [7, 11) is -4.53. The van der Waals surface area contributed by atoms with Crippen molar-refractivity contribution >= 4 is 21.6 Å². The molecule has 0 unspecified atom stereocenters. The van der Waals surface area contributed by atoms with Gasteiger partial charge in [0.15, 0.2) is 0 Å². The van der Waals surface area contributed by atoms with Gasteiger partial charge in [0, 0.05) is 12.1 Å². The number of hydrogen-bond donors (Lipinski definition) is 1. The van der Waals surface area contributed by atoms with E-state index in [1.807, 2.05) is 4.72 Å². The molecule has 0 atom stereocenters. The highest BCUT2D eigenvalue weighted by molar-refractivity contribution is 7.89. The van der Waals surface area contributed by atoms with Crippen LogP contribution in [0, 0.1) is 11.6 Å². The fourth-order valence-electron chi connectivity index (χ4n) is 1.86. The number of ether oxygens (including phenoxy) is 1. The Bertz CT molecular complexity index is 887. The lowest BCUT2D eigenvalue weighted by Gasteiger charge is -2.14. The van der Waals surface area contributed by atoms with E-state index in [0.717, 1.165) is 30.3 Å². The van der Waals surface area contributed by atoms with E-state index in [2.05, 4.69) is 4.74 Å². The maximum atomic E-state index is 13.7. The average molecular weight is 402 g/mol. The molecule has 0 bridgehead atoms. The molecule has 2 aromatic carbocycles. The summed E-state index contributed by atoms with van der Waals surface area (Å²) < 4.78 is 94.0.